The highest BCUT2D eigenvalue weighted by Crippen LogP contribution is 2.29. The van der Waals surface area contributed by atoms with E-state index in [2.05, 4.69) is 10.2 Å². The molecule has 1 atom stereocenters. The lowest BCUT2D eigenvalue weighted by atomic mass is 10.2. The Morgan fingerprint density at radius 1 is 1.29 bits per heavy atom. The van der Waals surface area contributed by atoms with Crippen LogP contribution in [-0.4, -0.2) is 40.8 Å². The maximum atomic E-state index is 12.7. The Balaban J connectivity index is 1.88. The van der Waals surface area contributed by atoms with E-state index >= 15 is 0 Å². The number of rotatable bonds is 3. The van der Waals surface area contributed by atoms with Crippen LogP contribution in [0.15, 0.2) is 35.5 Å². The monoisotopic (exact) mass is 326 g/mol. The highest BCUT2D eigenvalue weighted by Gasteiger charge is 2.34. The summed E-state index contributed by atoms with van der Waals surface area (Å²) in [5, 5.41) is 8.58. The van der Waals surface area contributed by atoms with Crippen LogP contribution in [-0.2, 0) is 10.0 Å². The summed E-state index contributed by atoms with van der Waals surface area (Å²) in [5.41, 5.74) is 0.695. The lowest BCUT2D eigenvalue weighted by Gasteiger charge is -2.18. The minimum absolute atomic E-state index is 0.0192. The Kier molecular flexibility index (Phi) is 3.73. The zero-order valence-corrected chi connectivity index (χ0v) is 13.0. The fraction of sp³-hybridized carbons (Fsp3) is 0.385. The molecule has 2 heterocycles. The van der Waals surface area contributed by atoms with Crippen LogP contribution in [0.1, 0.15) is 18.0 Å². The van der Waals surface area contributed by atoms with E-state index in [0.29, 0.717) is 30.1 Å². The molecule has 0 aliphatic carbocycles. The first-order valence-electron chi connectivity index (χ1n) is 6.60. The summed E-state index contributed by atoms with van der Waals surface area (Å²) in [6.07, 6.45) is 3.89. The molecule has 6 nitrogen and oxygen atoms in total. The Morgan fingerprint density at radius 2 is 2.00 bits per heavy atom. The van der Waals surface area contributed by atoms with Gasteiger partial charge in [0.2, 0.25) is 10.0 Å². The van der Waals surface area contributed by atoms with Crippen molar-refractivity contribution in [1.29, 1.82) is 0 Å². The van der Waals surface area contributed by atoms with E-state index in [0.717, 1.165) is 0 Å². The minimum Gasteiger partial charge on any atom is -0.207 e. The van der Waals surface area contributed by atoms with Crippen molar-refractivity contribution >= 4 is 21.6 Å². The van der Waals surface area contributed by atoms with Crippen LogP contribution in [0.25, 0.3) is 0 Å². The van der Waals surface area contributed by atoms with Gasteiger partial charge in [-0.3, -0.25) is 0 Å². The van der Waals surface area contributed by atoms with Gasteiger partial charge in [0.15, 0.2) is 0 Å². The van der Waals surface area contributed by atoms with Gasteiger partial charge in [0.25, 0.3) is 0 Å². The van der Waals surface area contributed by atoms with Gasteiger partial charge >= 0.3 is 0 Å². The lowest BCUT2D eigenvalue weighted by Crippen LogP contribution is -2.30. The fourth-order valence-electron chi connectivity index (χ4n) is 2.52. The zero-order chi connectivity index (χ0) is 15.0. The van der Waals surface area contributed by atoms with Gasteiger partial charge in [0.1, 0.15) is 0 Å². The lowest BCUT2D eigenvalue weighted by molar-refractivity contribution is 0.402. The van der Waals surface area contributed by atoms with Crippen LogP contribution in [0.5, 0.6) is 0 Å². The summed E-state index contributed by atoms with van der Waals surface area (Å²) in [7, 11) is -3.54. The number of benzene rings is 1. The maximum Gasteiger partial charge on any atom is 0.243 e. The second-order valence-electron chi connectivity index (χ2n) is 5.06. The number of hydrogen-bond acceptors (Lipinski definition) is 4. The van der Waals surface area contributed by atoms with Gasteiger partial charge in [-0.25, -0.2) is 8.42 Å². The molecule has 1 fully saturated rings. The molecule has 1 saturated heterocycles. The Hall–Kier alpha value is -1.44. The summed E-state index contributed by atoms with van der Waals surface area (Å²) in [6, 6.07) is 4.90. The first-order chi connectivity index (χ1) is 9.98. The SMILES string of the molecule is Cc1ccc(Cl)cc1S(=O)(=O)N1CCC(n2nccn2)C1. The fourth-order valence-corrected chi connectivity index (χ4v) is 4.50. The van der Waals surface area contributed by atoms with E-state index < -0.39 is 10.0 Å². The van der Waals surface area contributed by atoms with Crippen LogP contribution in [0.2, 0.25) is 5.02 Å². The van der Waals surface area contributed by atoms with Crippen LogP contribution in [0, 0.1) is 6.92 Å². The van der Waals surface area contributed by atoms with Crippen molar-refractivity contribution in [3.05, 3.63) is 41.2 Å². The first-order valence-corrected chi connectivity index (χ1v) is 8.42. The number of nitrogens with zero attached hydrogens (tertiary/aromatic N) is 4. The zero-order valence-electron chi connectivity index (χ0n) is 11.5. The summed E-state index contributed by atoms with van der Waals surface area (Å²) in [5.74, 6) is 0. The predicted octanol–water partition coefficient (Wildman–Crippen LogP) is 1.88. The minimum atomic E-state index is -3.54. The van der Waals surface area contributed by atoms with Crippen LogP contribution >= 0.6 is 11.6 Å². The largest absolute Gasteiger partial charge is 0.243 e. The van der Waals surface area contributed by atoms with E-state index in [1.165, 1.54) is 10.4 Å². The third kappa shape index (κ3) is 2.68. The highest BCUT2D eigenvalue weighted by atomic mass is 35.5. The smallest absolute Gasteiger partial charge is 0.207 e. The van der Waals surface area contributed by atoms with Crippen molar-refractivity contribution < 1.29 is 8.42 Å². The molecule has 21 heavy (non-hydrogen) atoms. The topological polar surface area (TPSA) is 68.1 Å². The van der Waals surface area contributed by atoms with Gasteiger partial charge < -0.3 is 0 Å². The maximum absolute atomic E-state index is 12.7. The summed E-state index contributed by atoms with van der Waals surface area (Å²) in [6.45, 7) is 2.61. The molecule has 0 bridgehead atoms. The van der Waals surface area contributed by atoms with Gasteiger partial charge in [-0.05, 0) is 31.0 Å². The third-order valence-corrected chi connectivity index (χ3v) is 5.90. The average molecular weight is 327 g/mol. The molecule has 3 rings (SSSR count). The number of aryl methyl sites for hydroxylation is 1. The van der Waals surface area contributed by atoms with E-state index in [-0.39, 0.29) is 10.9 Å². The molecule has 0 amide bonds. The molecule has 2 aromatic rings. The first kappa shape index (κ1) is 14.5. The molecule has 1 aromatic carbocycles. The van der Waals surface area contributed by atoms with E-state index in [1.54, 1.807) is 36.2 Å². The normalized spacial score (nSPS) is 20.0. The van der Waals surface area contributed by atoms with Crippen LogP contribution < -0.4 is 0 Å². The van der Waals surface area contributed by atoms with Crippen molar-refractivity contribution in [2.24, 2.45) is 0 Å². The second-order valence-corrected chi connectivity index (χ2v) is 7.41. The molecule has 112 valence electrons. The highest BCUT2D eigenvalue weighted by molar-refractivity contribution is 7.89. The van der Waals surface area contributed by atoms with Crippen molar-refractivity contribution in [2.45, 2.75) is 24.3 Å². The van der Waals surface area contributed by atoms with E-state index in [4.69, 9.17) is 11.6 Å². The van der Waals surface area contributed by atoms with Crippen molar-refractivity contribution in [2.75, 3.05) is 13.1 Å². The third-order valence-electron chi connectivity index (χ3n) is 3.66. The summed E-state index contributed by atoms with van der Waals surface area (Å²) < 4.78 is 27.0. The predicted molar refractivity (Wildman–Crippen MR) is 78.6 cm³/mol. The Labute approximate surface area is 128 Å². The molecule has 0 spiro atoms. The van der Waals surface area contributed by atoms with Gasteiger partial charge in [0, 0.05) is 18.1 Å². The Bertz CT molecular complexity index is 746. The number of aromatic nitrogens is 3. The molecule has 1 aromatic heterocycles. The Morgan fingerprint density at radius 3 is 2.71 bits per heavy atom. The van der Waals surface area contributed by atoms with Crippen LogP contribution in [0.3, 0.4) is 0 Å². The molecule has 1 aliphatic heterocycles. The number of hydrogen-bond donors (Lipinski definition) is 0. The van der Waals surface area contributed by atoms with Crippen molar-refractivity contribution in [3.8, 4) is 0 Å². The molecule has 1 aliphatic rings. The van der Waals surface area contributed by atoms with Crippen molar-refractivity contribution in [3.63, 3.8) is 0 Å². The van der Waals surface area contributed by atoms with Gasteiger partial charge in [-0.2, -0.15) is 19.3 Å². The van der Waals surface area contributed by atoms with Crippen molar-refractivity contribution in [1.82, 2.24) is 19.3 Å². The summed E-state index contributed by atoms with van der Waals surface area (Å²) >= 11 is 5.93. The number of halogens is 1. The van der Waals surface area contributed by atoms with Crippen LogP contribution in [0.4, 0.5) is 0 Å². The number of sulfonamides is 1. The molecule has 8 heteroatoms. The standard InChI is InChI=1S/C13H15ClN4O2S/c1-10-2-3-11(14)8-13(10)21(19,20)17-7-4-12(9-17)18-15-5-6-16-18/h2-3,5-6,8,12H,4,7,9H2,1H3. The average Bonchev–Trinajstić information content (AvgIpc) is 3.11. The van der Waals surface area contributed by atoms with E-state index in [9.17, 15) is 8.42 Å². The van der Waals surface area contributed by atoms with Gasteiger partial charge in [0.05, 0.1) is 23.3 Å². The molecular weight excluding hydrogens is 312 g/mol. The summed E-state index contributed by atoms with van der Waals surface area (Å²) in [4.78, 5) is 1.84. The van der Waals surface area contributed by atoms with E-state index in [1.807, 2.05) is 0 Å². The molecule has 0 saturated carbocycles. The molecular formula is C13H15ClN4O2S. The molecule has 0 N–H and O–H groups in total. The van der Waals surface area contributed by atoms with Gasteiger partial charge in [-0.1, -0.05) is 17.7 Å². The van der Waals surface area contributed by atoms with Gasteiger partial charge in [-0.15, -0.1) is 0 Å². The molecule has 0 radical (unpaired) electrons. The molecule has 1 unspecified atom stereocenters. The second kappa shape index (κ2) is 5.40. The quantitative estimate of drug-likeness (QED) is 0.863.